The fourth-order valence-electron chi connectivity index (χ4n) is 1.49. The van der Waals surface area contributed by atoms with Gasteiger partial charge in [-0.1, -0.05) is 22.4 Å². The zero-order valence-corrected chi connectivity index (χ0v) is 11.5. The number of carbonyl (C=O) groups is 2. The summed E-state index contributed by atoms with van der Waals surface area (Å²) in [6.45, 7) is 5.83. The van der Waals surface area contributed by atoms with Crippen molar-refractivity contribution in [2.45, 2.75) is 50.5 Å². The number of hydrogen-bond acceptors (Lipinski definition) is 3. The molecule has 16 heavy (non-hydrogen) atoms. The number of carbonyl (C=O) groups excluding carboxylic acids is 2. The van der Waals surface area contributed by atoms with Gasteiger partial charge >= 0.3 is 6.09 Å². The summed E-state index contributed by atoms with van der Waals surface area (Å²) in [6, 6.07) is 0. The zero-order valence-electron chi connectivity index (χ0n) is 9.96. The molecule has 1 atom stereocenters. The van der Waals surface area contributed by atoms with Gasteiger partial charge in [-0.05, 0) is 33.6 Å². The summed E-state index contributed by atoms with van der Waals surface area (Å²) in [5.41, 5.74) is -0.564. The highest BCUT2D eigenvalue weighted by atomic mass is 79.9. The number of likely N-dealkylation sites (tertiary alicyclic amines) is 1. The van der Waals surface area contributed by atoms with E-state index in [9.17, 15) is 9.59 Å². The van der Waals surface area contributed by atoms with Crippen molar-refractivity contribution < 1.29 is 14.3 Å². The summed E-state index contributed by atoms with van der Waals surface area (Å²) in [4.78, 5) is 24.6. The molecule has 1 aliphatic rings. The van der Waals surface area contributed by atoms with Crippen molar-refractivity contribution >= 4 is 27.9 Å². The summed E-state index contributed by atoms with van der Waals surface area (Å²) in [7, 11) is 0. The average molecular weight is 292 g/mol. The van der Waals surface area contributed by atoms with Gasteiger partial charge in [0.25, 0.3) is 0 Å². The van der Waals surface area contributed by atoms with E-state index in [1.807, 2.05) is 0 Å². The molecule has 0 aromatic heterocycles. The van der Waals surface area contributed by atoms with E-state index in [0.717, 1.165) is 19.3 Å². The van der Waals surface area contributed by atoms with Gasteiger partial charge < -0.3 is 4.74 Å². The van der Waals surface area contributed by atoms with E-state index in [-0.39, 0.29) is 10.7 Å². The van der Waals surface area contributed by atoms with E-state index in [0.29, 0.717) is 6.54 Å². The molecule has 2 amide bonds. The molecule has 0 spiro atoms. The molecule has 0 saturated carbocycles. The largest absolute Gasteiger partial charge is 0.443 e. The number of amides is 2. The predicted molar refractivity (Wildman–Crippen MR) is 64.5 cm³/mol. The second-order valence-electron chi connectivity index (χ2n) is 4.93. The van der Waals surface area contributed by atoms with E-state index in [1.54, 1.807) is 20.8 Å². The Hall–Kier alpha value is -0.580. The lowest BCUT2D eigenvalue weighted by Gasteiger charge is -2.25. The van der Waals surface area contributed by atoms with Crippen LogP contribution < -0.4 is 0 Å². The average Bonchev–Trinajstić information content (AvgIpc) is 2.27. The van der Waals surface area contributed by atoms with Crippen molar-refractivity contribution in [1.29, 1.82) is 0 Å². The molecule has 0 aromatic rings. The molecule has 0 unspecified atom stereocenters. The van der Waals surface area contributed by atoms with Gasteiger partial charge in [0.15, 0.2) is 0 Å². The van der Waals surface area contributed by atoms with Gasteiger partial charge in [0, 0.05) is 6.54 Å². The second-order valence-corrected chi connectivity index (χ2v) is 6.04. The van der Waals surface area contributed by atoms with E-state index < -0.39 is 11.7 Å². The third kappa shape index (κ3) is 3.77. The molecule has 0 aromatic carbocycles. The zero-order chi connectivity index (χ0) is 12.3. The van der Waals surface area contributed by atoms with Crippen molar-refractivity contribution in [2.24, 2.45) is 0 Å². The SMILES string of the molecule is CC(C)(C)OC(=O)N1CCCC[C@H](Br)C1=O. The van der Waals surface area contributed by atoms with Crippen LogP contribution in [0.3, 0.4) is 0 Å². The molecule has 0 radical (unpaired) electrons. The number of ether oxygens (including phenoxy) is 1. The molecule has 5 heteroatoms. The monoisotopic (exact) mass is 291 g/mol. The van der Waals surface area contributed by atoms with Gasteiger partial charge in [0.05, 0.1) is 4.83 Å². The van der Waals surface area contributed by atoms with Crippen molar-refractivity contribution in [2.75, 3.05) is 6.54 Å². The third-order valence-corrected chi connectivity index (χ3v) is 3.09. The van der Waals surface area contributed by atoms with Crippen molar-refractivity contribution in [1.82, 2.24) is 4.90 Å². The Morgan fingerprint density at radius 2 is 2.06 bits per heavy atom. The molecule has 1 fully saturated rings. The maximum absolute atomic E-state index is 11.9. The minimum Gasteiger partial charge on any atom is -0.443 e. The Kier molecular flexibility index (Phi) is 4.35. The van der Waals surface area contributed by atoms with Crippen molar-refractivity contribution in [3.05, 3.63) is 0 Å². The summed E-state index contributed by atoms with van der Waals surface area (Å²) >= 11 is 3.29. The molecular weight excluding hydrogens is 274 g/mol. The van der Waals surface area contributed by atoms with Gasteiger partial charge in [0.2, 0.25) is 5.91 Å². The van der Waals surface area contributed by atoms with E-state index in [1.165, 1.54) is 4.90 Å². The van der Waals surface area contributed by atoms with Crippen LogP contribution in [0.15, 0.2) is 0 Å². The van der Waals surface area contributed by atoms with Crippen LogP contribution in [0, 0.1) is 0 Å². The maximum atomic E-state index is 11.9. The molecule has 1 heterocycles. The quantitative estimate of drug-likeness (QED) is 0.645. The molecular formula is C11H18BrNO3. The van der Waals surface area contributed by atoms with E-state index in [4.69, 9.17) is 4.74 Å². The Bertz CT molecular complexity index is 285. The van der Waals surface area contributed by atoms with Crippen LogP contribution in [0.25, 0.3) is 0 Å². The van der Waals surface area contributed by atoms with Crippen LogP contribution in [-0.4, -0.2) is 33.9 Å². The van der Waals surface area contributed by atoms with Crippen LogP contribution in [0.4, 0.5) is 4.79 Å². The molecule has 0 aliphatic carbocycles. The smallest absolute Gasteiger partial charge is 0.417 e. The number of hydrogen-bond donors (Lipinski definition) is 0. The maximum Gasteiger partial charge on any atom is 0.417 e. The minimum absolute atomic E-state index is 0.188. The summed E-state index contributed by atoms with van der Waals surface area (Å²) < 4.78 is 5.20. The van der Waals surface area contributed by atoms with Gasteiger partial charge in [-0.25, -0.2) is 9.69 Å². The first-order chi connectivity index (χ1) is 7.31. The molecule has 1 aliphatic heterocycles. The minimum atomic E-state index is -0.564. The first kappa shape index (κ1) is 13.5. The number of imide groups is 1. The molecule has 4 nitrogen and oxygen atoms in total. The lowest BCUT2D eigenvalue weighted by Crippen LogP contribution is -2.43. The third-order valence-electron chi connectivity index (χ3n) is 2.24. The highest BCUT2D eigenvalue weighted by Crippen LogP contribution is 2.20. The molecule has 0 bridgehead atoms. The number of alkyl halides is 1. The topological polar surface area (TPSA) is 46.6 Å². The number of halogens is 1. The summed E-state index contributed by atoms with van der Waals surface area (Å²) in [6.07, 6.45) is 2.02. The standard InChI is InChI=1S/C11H18BrNO3/c1-11(2,3)16-10(15)13-7-5-4-6-8(12)9(13)14/h8H,4-7H2,1-3H3/t8-/m0/s1. The highest BCUT2D eigenvalue weighted by Gasteiger charge is 2.32. The van der Waals surface area contributed by atoms with Crippen LogP contribution in [0.2, 0.25) is 0 Å². The highest BCUT2D eigenvalue weighted by molar-refractivity contribution is 9.10. The predicted octanol–water partition coefficient (Wildman–Crippen LogP) is 2.70. The molecule has 1 saturated heterocycles. The lowest BCUT2D eigenvalue weighted by molar-refractivity contribution is -0.129. The van der Waals surface area contributed by atoms with Crippen molar-refractivity contribution in [3.63, 3.8) is 0 Å². The van der Waals surface area contributed by atoms with E-state index in [2.05, 4.69) is 15.9 Å². The molecule has 92 valence electrons. The second kappa shape index (κ2) is 5.17. The van der Waals surface area contributed by atoms with Gasteiger partial charge in [-0.3, -0.25) is 4.79 Å². The Morgan fingerprint density at radius 1 is 1.44 bits per heavy atom. The van der Waals surface area contributed by atoms with Crippen LogP contribution >= 0.6 is 15.9 Å². The molecule has 1 rings (SSSR count). The first-order valence-electron chi connectivity index (χ1n) is 5.50. The fourth-order valence-corrected chi connectivity index (χ4v) is 2.07. The van der Waals surface area contributed by atoms with Gasteiger partial charge in [-0.2, -0.15) is 0 Å². The Morgan fingerprint density at radius 3 is 2.62 bits per heavy atom. The summed E-state index contributed by atoms with van der Waals surface area (Å²) in [5, 5.41) is 0. The molecule has 0 N–H and O–H groups in total. The van der Waals surface area contributed by atoms with Crippen molar-refractivity contribution in [3.8, 4) is 0 Å². The van der Waals surface area contributed by atoms with Gasteiger partial charge in [0.1, 0.15) is 5.60 Å². The number of rotatable bonds is 0. The van der Waals surface area contributed by atoms with E-state index >= 15 is 0 Å². The first-order valence-corrected chi connectivity index (χ1v) is 6.41. The Balaban J connectivity index is 2.69. The van der Waals surface area contributed by atoms with Crippen LogP contribution in [0.1, 0.15) is 40.0 Å². The summed E-state index contributed by atoms with van der Waals surface area (Å²) in [5.74, 6) is -0.188. The lowest BCUT2D eigenvalue weighted by atomic mass is 10.2. The van der Waals surface area contributed by atoms with Crippen LogP contribution in [0.5, 0.6) is 0 Å². The fraction of sp³-hybridized carbons (Fsp3) is 0.818. The van der Waals surface area contributed by atoms with Crippen LogP contribution in [-0.2, 0) is 9.53 Å². The number of nitrogens with zero attached hydrogens (tertiary/aromatic N) is 1. The Labute approximate surface area is 104 Å². The van der Waals surface area contributed by atoms with Gasteiger partial charge in [-0.15, -0.1) is 0 Å². The normalized spacial score (nSPS) is 22.9.